The molecule has 1 aliphatic rings. The molecule has 1 saturated heterocycles. The Bertz CT molecular complexity index is 221. The summed E-state index contributed by atoms with van der Waals surface area (Å²) in [4.78, 5) is 24.2. The lowest BCUT2D eigenvalue weighted by atomic mass is 9.89. The van der Waals surface area contributed by atoms with Gasteiger partial charge in [-0.1, -0.05) is 0 Å². The van der Waals surface area contributed by atoms with Gasteiger partial charge in [0.2, 0.25) is 5.91 Å². The van der Waals surface area contributed by atoms with E-state index in [0.717, 1.165) is 0 Å². The highest BCUT2D eigenvalue weighted by Crippen LogP contribution is 2.25. The fraction of sp³-hybridized carbons (Fsp3) is 0.778. The Balaban J connectivity index is 2.85. The third-order valence-corrected chi connectivity index (χ3v) is 2.33. The van der Waals surface area contributed by atoms with Crippen LogP contribution in [0.4, 0.5) is 0 Å². The number of ketones is 1. The van der Waals surface area contributed by atoms with Crippen molar-refractivity contribution in [1.29, 1.82) is 0 Å². The first-order chi connectivity index (χ1) is 5.47. The molecule has 1 fully saturated rings. The van der Waals surface area contributed by atoms with E-state index in [2.05, 4.69) is 0 Å². The number of carbonyl (C=O) groups excluding carboxylic acids is 2. The predicted molar refractivity (Wildman–Crippen MR) is 45.7 cm³/mol. The summed E-state index contributed by atoms with van der Waals surface area (Å²) in [6.45, 7) is 6.51. The van der Waals surface area contributed by atoms with Gasteiger partial charge in [-0.25, -0.2) is 0 Å². The summed E-state index contributed by atoms with van der Waals surface area (Å²) in [6, 6.07) is 0. The fourth-order valence-electron chi connectivity index (χ4n) is 1.85. The Morgan fingerprint density at radius 1 is 1.42 bits per heavy atom. The number of likely N-dealkylation sites (tertiary alicyclic amines) is 1. The second-order valence-corrected chi connectivity index (χ2v) is 3.84. The third-order valence-electron chi connectivity index (χ3n) is 2.33. The molecule has 0 radical (unpaired) electrons. The monoisotopic (exact) mass is 169 g/mol. The number of nitrogens with zero attached hydrogens (tertiary/aromatic N) is 1. The van der Waals surface area contributed by atoms with Crippen LogP contribution in [0, 0.1) is 0 Å². The molecule has 0 unspecified atom stereocenters. The van der Waals surface area contributed by atoms with Crippen molar-refractivity contribution in [2.45, 2.75) is 39.2 Å². The summed E-state index contributed by atoms with van der Waals surface area (Å²) >= 11 is 0. The molecule has 1 aliphatic heterocycles. The SMILES string of the molecule is CCN1C(=O)CC(=O)CC1(C)C. The van der Waals surface area contributed by atoms with Crippen molar-refractivity contribution in [3.8, 4) is 0 Å². The Morgan fingerprint density at radius 2 is 2.00 bits per heavy atom. The number of piperidine rings is 1. The van der Waals surface area contributed by atoms with E-state index >= 15 is 0 Å². The molecule has 0 aromatic heterocycles. The molecule has 0 aliphatic carbocycles. The Kier molecular flexibility index (Phi) is 2.22. The second-order valence-electron chi connectivity index (χ2n) is 3.84. The number of rotatable bonds is 1. The summed E-state index contributed by atoms with van der Waals surface area (Å²) in [5.74, 6) is 0.0356. The molecule has 0 aromatic rings. The van der Waals surface area contributed by atoms with E-state index in [1.54, 1.807) is 4.90 Å². The quantitative estimate of drug-likeness (QED) is 0.549. The van der Waals surface area contributed by atoms with Crippen LogP contribution in [0.1, 0.15) is 33.6 Å². The highest BCUT2D eigenvalue weighted by atomic mass is 16.2. The molecule has 0 N–H and O–H groups in total. The molecule has 0 atom stereocenters. The molecule has 0 saturated carbocycles. The highest BCUT2D eigenvalue weighted by Gasteiger charge is 2.37. The lowest BCUT2D eigenvalue weighted by Crippen LogP contribution is -2.53. The average Bonchev–Trinajstić information content (AvgIpc) is 1.82. The van der Waals surface area contributed by atoms with Gasteiger partial charge in [-0.3, -0.25) is 9.59 Å². The fourth-order valence-corrected chi connectivity index (χ4v) is 1.85. The zero-order valence-electron chi connectivity index (χ0n) is 7.89. The van der Waals surface area contributed by atoms with E-state index in [9.17, 15) is 9.59 Å². The van der Waals surface area contributed by atoms with Crippen molar-refractivity contribution in [1.82, 2.24) is 4.90 Å². The maximum atomic E-state index is 11.4. The summed E-state index contributed by atoms with van der Waals surface area (Å²) in [5, 5.41) is 0. The van der Waals surface area contributed by atoms with Crippen molar-refractivity contribution in [2.75, 3.05) is 6.54 Å². The van der Waals surface area contributed by atoms with Crippen molar-refractivity contribution >= 4 is 11.7 Å². The Hall–Kier alpha value is -0.860. The van der Waals surface area contributed by atoms with Crippen LogP contribution >= 0.6 is 0 Å². The van der Waals surface area contributed by atoms with E-state index in [-0.39, 0.29) is 23.7 Å². The minimum absolute atomic E-state index is 0.0289. The van der Waals surface area contributed by atoms with E-state index in [1.807, 2.05) is 20.8 Å². The molecule has 0 bridgehead atoms. The summed E-state index contributed by atoms with van der Waals surface area (Å²) in [6.07, 6.45) is 0.587. The number of carbonyl (C=O) groups is 2. The molecule has 0 spiro atoms. The summed E-state index contributed by atoms with van der Waals surface area (Å²) < 4.78 is 0. The van der Waals surface area contributed by atoms with Gasteiger partial charge >= 0.3 is 0 Å². The lowest BCUT2D eigenvalue weighted by molar-refractivity contribution is -0.146. The van der Waals surface area contributed by atoms with E-state index in [1.165, 1.54) is 0 Å². The maximum Gasteiger partial charge on any atom is 0.230 e. The minimum Gasteiger partial charge on any atom is -0.337 e. The van der Waals surface area contributed by atoms with Gasteiger partial charge in [-0.05, 0) is 20.8 Å². The average molecular weight is 169 g/mol. The number of Topliss-reactive ketones (excluding diaryl/α,β-unsaturated/α-hetero) is 1. The molecule has 0 aromatic carbocycles. The first-order valence-corrected chi connectivity index (χ1v) is 4.29. The first kappa shape index (κ1) is 9.23. The molecule has 1 rings (SSSR count). The molecular weight excluding hydrogens is 154 g/mol. The van der Waals surface area contributed by atoms with Crippen LogP contribution in [0.15, 0.2) is 0 Å². The van der Waals surface area contributed by atoms with Crippen molar-refractivity contribution < 1.29 is 9.59 Å². The number of hydrogen-bond donors (Lipinski definition) is 0. The summed E-state index contributed by atoms with van der Waals surface area (Å²) in [5.41, 5.74) is -0.277. The third kappa shape index (κ3) is 1.49. The van der Waals surface area contributed by atoms with Crippen LogP contribution in [0.5, 0.6) is 0 Å². The maximum absolute atomic E-state index is 11.4. The first-order valence-electron chi connectivity index (χ1n) is 4.29. The predicted octanol–water partition coefficient (Wildman–Crippen LogP) is 0.976. The topological polar surface area (TPSA) is 37.4 Å². The molecule has 12 heavy (non-hydrogen) atoms. The zero-order valence-corrected chi connectivity index (χ0v) is 7.89. The minimum atomic E-state index is -0.277. The van der Waals surface area contributed by atoms with E-state index in [4.69, 9.17) is 0 Å². The van der Waals surface area contributed by atoms with Crippen LogP contribution < -0.4 is 0 Å². The molecule has 3 nitrogen and oxygen atoms in total. The molecule has 3 heteroatoms. The van der Waals surface area contributed by atoms with Crippen molar-refractivity contribution in [2.24, 2.45) is 0 Å². The highest BCUT2D eigenvalue weighted by molar-refractivity contribution is 6.01. The normalized spacial score (nSPS) is 23.1. The van der Waals surface area contributed by atoms with Crippen LogP contribution in [0.25, 0.3) is 0 Å². The van der Waals surface area contributed by atoms with Crippen molar-refractivity contribution in [3.63, 3.8) is 0 Å². The van der Waals surface area contributed by atoms with Gasteiger partial charge in [0.15, 0.2) is 0 Å². The smallest absolute Gasteiger partial charge is 0.230 e. The molecule has 1 heterocycles. The van der Waals surface area contributed by atoms with Gasteiger partial charge in [0.25, 0.3) is 0 Å². The number of hydrogen-bond acceptors (Lipinski definition) is 2. The van der Waals surface area contributed by atoms with Crippen molar-refractivity contribution in [3.05, 3.63) is 0 Å². The van der Waals surface area contributed by atoms with Crippen LogP contribution in [0.2, 0.25) is 0 Å². The van der Waals surface area contributed by atoms with Gasteiger partial charge in [0.1, 0.15) is 5.78 Å². The lowest BCUT2D eigenvalue weighted by Gasteiger charge is -2.40. The van der Waals surface area contributed by atoms with Gasteiger partial charge in [0, 0.05) is 18.5 Å². The Labute approximate surface area is 72.7 Å². The van der Waals surface area contributed by atoms with Crippen LogP contribution in [0.3, 0.4) is 0 Å². The Morgan fingerprint density at radius 3 is 2.42 bits per heavy atom. The van der Waals surface area contributed by atoms with Gasteiger partial charge in [-0.2, -0.15) is 0 Å². The summed E-state index contributed by atoms with van der Waals surface area (Å²) in [7, 11) is 0. The van der Waals surface area contributed by atoms with Crippen LogP contribution in [-0.2, 0) is 9.59 Å². The van der Waals surface area contributed by atoms with Gasteiger partial charge in [-0.15, -0.1) is 0 Å². The largest absolute Gasteiger partial charge is 0.337 e. The zero-order chi connectivity index (χ0) is 9.35. The van der Waals surface area contributed by atoms with Gasteiger partial charge in [0.05, 0.1) is 6.42 Å². The molecular formula is C9H15NO2. The van der Waals surface area contributed by atoms with Crippen LogP contribution in [-0.4, -0.2) is 28.7 Å². The second kappa shape index (κ2) is 2.88. The van der Waals surface area contributed by atoms with Gasteiger partial charge < -0.3 is 4.90 Å². The molecule has 1 amide bonds. The molecule has 68 valence electrons. The van der Waals surface area contributed by atoms with E-state index in [0.29, 0.717) is 13.0 Å². The van der Waals surface area contributed by atoms with E-state index < -0.39 is 0 Å². The standard InChI is InChI=1S/C9H15NO2/c1-4-10-8(12)5-7(11)6-9(10,2)3/h4-6H2,1-3H3. The number of amides is 1.